The van der Waals surface area contributed by atoms with Gasteiger partial charge in [0.15, 0.2) is 0 Å². The molecule has 0 amide bonds. The van der Waals surface area contributed by atoms with Crippen molar-refractivity contribution < 1.29 is 14.3 Å². The quantitative estimate of drug-likeness (QED) is 0.717. The fraction of sp³-hybridized carbons (Fsp3) is 0.375. The second kappa shape index (κ2) is 3.81. The Balaban J connectivity index is 2.19. The van der Waals surface area contributed by atoms with Gasteiger partial charge in [-0.3, -0.25) is 4.79 Å². The lowest BCUT2D eigenvalue weighted by Gasteiger charge is -1.92. The van der Waals surface area contributed by atoms with Gasteiger partial charge < -0.3 is 9.52 Å². The summed E-state index contributed by atoms with van der Waals surface area (Å²) in [6.07, 6.45) is 3.15. The highest BCUT2D eigenvalue weighted by atomic mass is 16.4. The lowest BCUT2D eigenvalue weighted by Crippen LogP contribution is -1.94. The Hall–Kier alpha value is -1.25. The zero-order valence-electron chi connectivity index (χ0n) is 6.12. The third kappa shape index (κ3) is 2.89. The number of hydrogen-bond acceptors (Lipinski definition) is 2. The molecule has 3 heteroatoms. The third-order valence-electron chi connectivity index (χ3n) is 1.39. The summed E-state index contributed by atoms with van der Waals surface area (Å²) in [6, 6.07) is 3.65. The number of aryl methyl sites for hydroxylation is 1. The fourth-order valence-electron chi connectivity index (χ4n) is 0.869. The van der Waals surface area contributed by atoms with E-state index in [1.807, 2.05) is 6.07 Å². The first-order chi connectivity index (χ1) is 5.29. The first-order valence-electron chi connectivity index (χ1n) is 3.53. The van der Waals surface area contributed by atoms with Crippen molar-refractivity contribution in [1.82, 2.24) is 0 Å². The van der Waals surface area contributed by atoms with E-state index in [1.54, 1.807) is 12.3 Å². The minimum Gasteiger partial charge on any atom is -0.481 e. The second-order valence-corrected chi connectivity index (χ2v) is 2.33. The van der Waals surface area contributed by atoms with E-state index in [1.165, 1.54) is 0 Å². The van der Waals surface area contributed by atoms with E-state index in [0.717, 1.165) is 5.76 Å². The van der Waals surface area contributed by atoms with Crippen molar-refractivity contribution in [2.75, 3.05) is 0 Å². The third-order valence-corrected chi connectivity index (χ3v) is 1.39. The molecule has 1 N–H and O–H groups in total. The first kappa shape index (κ1) is 7.85. The minimum atomic E-state index is -0.753. The van der Waals surface area contributed by atoms with Gasteiger partial charge in [-0.2, -0.15) is 0 Å². The average molecular weight is 154 g/mol. The van der Waals surface area contributed by atoms with Gasteiger partial charge in [-0.05, 0) is 18.6 Å². The Labute approximate surface area is 64.6 Å². The number of rotatable bonds is 4. The topological polar surface area (TPSA) is 50.4 Å². The Morgan fingerprint density at radius 3 is 3.00 bits per heavy atom. The van der Waals surface area contributed by atoms with Crippen LogP contribution in [0.15, 0.2) is 22.8 Å². The number of carboxylic acid groups (broad SMARTS) is 1. The zero-order chi connectivity index (χ0) is 8.10. The van der Waals surface area contributed by atoms with Gasteiger partial charge in [0.1, 0.15) is 5.76 Å². The number of hydrogen-bond donors (Lipinski definition) is 1. The molecule has 0 saturated heterocycles. The van der Waals surface area contributed by atoms with Crippen molar-refractivity contribution >= 4 is 5.97 Å². The Bertz CT molecular complexity index is 213. The van der Waals surface area contributed by atoms with Crippen molar-refractivity contribution in [3.63, 3.8) is 0 Å². The molecule has 1 heterocycles. The van der Waals surface area contributed by atoms with E-state index in [-0.39, 0.29) is 6.42 Å². The number of carbonyl (C=O) groups is 1. The normalized spacial score (nSPS) is 9.82. The maximum absolute atomic E-state index is 10.1. The Kier molecular flexibility index (Phi) is 2.72. The van der Waals surface area contributed by atoms with Gasteiger partial charge in [-0.15, -0.1) is 0 Å². The average Bonchev–Trinajstić information content (AvgIpc) is 2.39. The van der Waals surface area contributed by atoms with E-state index >= 15 is 0 Å². The standard InChI is InChI=1S/C8H10O3/c9-8(10)5-1-3-7-4-2-6-11-7/h2,4,6H,1,3,5H2,(H,9,10). The molecule has 1 aromatic rings. The van der Waals surface area contributed by atoms with Gasteiger partial charge in [0, 0.05) is 12.8 Å². The fourth-order valence-corrected chi connectivity index (χ4v) is 0.869. The van der Waals surface area contributed by atoms with Crippen molar-refractivity contribution in [3.8, 4) is 0 Å². The molecule has 0 radical (unpaired) electrons. The van der Waals surface area contributed by atoms with E-state index in [4.69, 9.17) is 9.52 Å². The molecule has 0 bridgehead atoms. The zero-order valence-corrected chi connectivity index (χ0v) is 6.12. The lowest BCUT2D eigenvalue weighted by molar-refractivity contribution is -0.137. The molecule has 0 aliphatic rings. The highest BCUT2D eigenvalue weighted by Crippen LogP contribution is 2.04. The van der Waals surface area contributed by atoms with Gasteiger partial charge in [-0.25, -0.2) is 0 Å². The second-order valence-electron chi connectivity index (χ2n) is 2.33. The molecule has 0 spiro atoms. The van der Waals surface area contributed by atoms with Crippen molar-refractivity contribution in [3.05, 3.63) is 24.2 Å². The highest BCUT2D eigenvalue weighted by molar-refractivity contribution is 5.66. The Morgan fingerprint density at radius 1 is 1.64 bits per heavy atom. The molecular formula is C8H10O3. The summed E-state index contributed by atoms with van der Waals surface area (Å²) in [5, 5.41) is 8.31. The van der Waals surface area contributed by atoms with Crippen molar-refractivity contribution in [2.24, 2.45) is 0 Å². The molecule has 0 unspecified atom stereocenters. The molecular weight excluding hydrogens is 144 g/mol. The summed E-state index contributed by atoms with van der Waals surface area (Å²) < 4.78 is 5.02. The van der Waals surface area contributed by atoms with E-state index < -0.39 is 5.97 Å². The maximum Gasteiger partial charge on any atom is 0.303 e. The van der Waals surface area contributed by atoms with Gasteiger partial charge in [-0.1, -0.05) is 0 Å². The van der Waals surface area contributed by atoms with Gasteiger partial charge in [0.25, 0.3) is 0 Å². The van der Waals surface area contributed by atoms with Crippen LogP contribution in [-0.4, -0.2) is 11.1 Å². The largest absolute Gasteiger partial charge is 0.481 e. The van der Waals surface area contributed by atoms with Crippen LogP contribution in [0.3, 0.4) is 0 Å². The van der Waals surface area contributed by atoms with Gasteiger partial charge in [0.2, 0.25) is 0 Å². The lowest BCUT2D eigenvalue weighted by atomic mass is 10.2. The van der Waals surface area contributed by atoms with Crippen LogP contribution in [0.5, 0.6) is 0 Å². The predicted octanol–water partition coefficient (Wildman–Crippen LogP) is 1.69. The van der Waals surface area contributed by atoms with Crippen molar-refractivity contribution in [2.45, 2.75) is 19.3 Å². The molecule has 0 aliphatic heterocycles. The smallest absolute Gasteiger partial charge is 0.303 e. The molecule has 0 saturated carbocycles. The first-order valence-corrected chi connectivity index (χ1v) is 3.53. The van der Waals surface area contributed by atoms with Gasteiger partial charge >= 0.3 is 5.97 Å². The summed E-state index contributed by atoms with van der Waals surface area (Å²) in [5.74, 6) is 0.0998. The molecule has 60 valence electrons. The summed E-state index contributed by atoms with van der Waals surface area (Å²) >= 11 is 0. The van der Waals surface area contributed by atoms with Crippen molar-refractivity contribution in [1.29, 1.82) is 0 Å². The number of aliphatic carboxylic acids is 1. The van der Waals surface area contributed by atoms with Crippen LogP contribution in [0, 0.1) is 0 Å². The predicted molar refractivity (Wildman–Crippen MR) is 39.3 cm³/mol. The van der Waals surface area contributed by atoms with Crippen LogP contribution in [0.4, 0.5) is 0 Å². The van der Waals surface area contributed by atoms with Crippen LogP contribution in [0.25, 0.3) is 0 Å². The molecule has 3 nitrogen and oxygen atoms in total. The molecule has 1 aromatic heterocycles. The molecule has 0 atom stereocenters. The maximum atomic E-state index is 10.1. The molecule has 1 rings (SSSR count). The van der Waals surface area contributed by atoms with Gasteiger partial charge in [0.05, 0.1) is 6.26 Å². The SMILES string of the molecule is O=C(O)CCCc1ccco1. The number of furan rings is 1. The monoisotopic (exact) mass is 154 g/mol. The van der Waals surface area contributed by atoms with E-state index in [0.29, 0.717) is 12.8 Å². The summed E-state index contributed by atoms with van der Waals surface area (Å²) in [4.78, 5) is 10.1. The summed E-state index contributed by atoms with van der Waals surface area (Å²) in [6.45, 7) is 0. The minimum absolute atomic E-state index is 0.209. The summed E-state index contributed by atoms with van der Waals surface area (Å²) in [5.41, 5.74) is 0. The molecule has 0 aromatic carbocycles. The van der Waals surface area contributed by atoms with Crippen LogP contribution in [0.2, 0.25) is 0 Å². The Morgan fingerprint density at radius 2 is 2.45 bits per heavy atom. The van der Waals surface area contributed by atoms with Crippen LogP contribution >= 0.6 is 0 Å². The molecule has 0 aliphatic carbocycles. The van der Waals surface area contributed by atoms with Crippen LogP contribution in [0.1, 0.15) is 18.6 Å². The van der Waals surface area contributed by atoms with E-state index in [9.17, 15) is 4.79 Å². The molecule has 11 heavy (non-hydrogen) atoms. The molecule has 0 fully saturated rings. The highest BCUT2D eigenvalue weighted by Gasteiger charge is 1.98. The van der Waals surface area contributed by atoms with E-state index in [2.05, 4.69) is 0 Å². The summed E-state index contributed by atoms with van der Waals surface area (Å²) in [7, 11) is 0. The van der Waals surface area contributed by atoms with Crippen LogP contribution < -0.4 is 0 Å². The van der Waals surface area contributed by atoms with Crippen LogP contribution in [-0.2, 0) is 11.2 Å². The number of carboxylic acids is 1.